The van der Waals surface area contributed by atoms with Gasteiger partial charge in [0.15, 0.2) is 0 Å². The van der Waals surface area contributed by atoms with Gasteiger partial charge in [-0.3, -0.25) is 4.98 Å². The molecule has 0 unspecified atom stereocenters. The molecule has 2 heterocycles. The lowest BCUT2D eigenvalue weighted by atomic mass is 10.1. The van der Waals surface area contributed by atoms with Crippen LogP contribution in [0.4, 0.5) is 5.95 Å². The molecule has 0 amide bonds. The number of rotatable bonds is 4. The summed E-state index contributed by atoms with van der Waals surface area (Å²) in [4.78, 5) is 8.42. The molecule has 0 aliphatic heterocycles. The Morgan fingerprint density at radius 2 is 2.18 bits per heavy atom. The molecule has 0 aliphatic carbocycles. The molecule has 4 nitrogen and oxygen atoms in total. The smallest absolute Gasteiger partial charge is 0.203 e. The predicted octanol–water partition coefficient (Wildman–Crippen LogP) is 2.46. The Morgan fingerprint density at radius 1 is 1.35 bits per heavy atom. The van der Waals surface area contributed by atoms with Crippen molar-refractivity contribution in [3.63, 3.8) is 0 Å². The van der Waals surface area contributed by atoms with E-state index in [-0.39, 0.29) is 0 Å². The Labute approximate surface area is 102 Å². The van der Waals surface area contributed by atoms with Crippen molar-refractivity contribution in [1.82, 2.24) is 14.5 Å². The van der Waals surface area contributed by atoms with E-state index in [4.69, 9.17) is 0 Å². The van der Waals surface area contributed by atoms with Gasteiger partial charge in [0.1, 0.15) is 0 Å². The Bertz CT molecular complexity index is 488. The van der Waals surface area contributed by atoms with E-state index in [0.29, 0.717) is 6.04 Å². The van der Waals surface area contributed by atoms with Crippen molar-refractivity contribution in [2.24, 2.45) is 0 Å². The summed E-state index contributed by atoms with van der Waals surface area (Å²) in [7, 11) is 0. The molecule has 17 heavy (non-hydrogen) atoms. The van der Waals surface area contributed by atoms with Crippen molar-refractivity contribution < 1.29 is 0 Å². The number of nitrogens with one attached hydrogen (secondary N) is 1. The summed E-state index contributed by atoms with van der Waals surface area (Å²) in [6, 6.07) is 2.43. The van der Waals surface area contributed by atoms with Gasteiger partial charge in [-0.05, 0) is 38.0 Å². The molecule has 0 aromatic carbocycles. The summed E-state index contributed by atoms with van der Waals surface area (Å²) in [6.07, 6.45) is 7.53. The van der Waals surface area contributed by atoms with E-state index in [9.17, 15) is 0 Å². The minimum atomic E-state index is 0.384. The molecule has 0 radical (unpaired) electrons. The van der Waals surface area contributed by atoms with Crippen molar-refractivity contribution >= 4 is 5.95 Å². The van der Waals surface area contributed by atoms with Crippen LogP contribution in [-0.2, 0) is 6.54 Å². The molecule has 0 aliphatic rings. The van der Waals surface area contributed by atoms with E-state index in [2.05, 4.69) is 46.7 Å². The van der Waals surface area contributed by atoms with Crippen molar-refractivity contribution in [2.45, 2.75) is 33.4 Å². The maximum atomic E-state index is 4.32. The number of aromatic nitrogens is 3. The first-order valence-electron chi connectivity index (χ1n) is 5.84. The molecule has 2 aromatic heterocycles. The molecule has 0 spiro atoms. The van der Waals surface area contributed by atoms with Crippen LogP contribution in [0.5, 0.6) is 0 Å². The van der Waals surface area contributed by atoms with Gasteiger partial charge in [0, 0.05) is 30.8 Å². The van der Waals surface area contributed by atoms with Crippen molar-refractivity contribution in [1.29, 1.82) is 0 Å². The highest BCUT2D eigenvalue weighted by Crippen LogP contribution is 2.12. The van der Waals surface area contributed by atoms with Crippen LogP contribution in [0.15, 0.2) is 30.9 Å². The van der Waals surface area contributed by atoms with Crippen LogP contribution in [0.25, 0.3) is 0 Å². The SMILES string of the molecule is Cc1cnccc1Cn1ccnc1NC(C)C. The average Bonchev–Trinajstić information content (AvgIpc) is 2.68. The van der Waals surface area contributed by atoms with Gasteiger partial charge in [0.2, 0.25) is 5.95 Å². The van der Waals surface area contributed by atoms with Crippen LogP contribution >= 0.6 is 0 Å². The Balaban J connectivity index is 2.19. The van der Waals surface area contributed by atoms with Crippen molar-refractivity contribution in [3.05, 3.63) is 42.0 Å². The summed E-state index contributed by atoms with van der Waals surface area (Å²) in [5.41, 5.74) is 2.47. The van der Waals surface area contributed by atoms with Gasteiger partial charge in [0.05, 0.1) is 6.54 Å². The summed E-state index contributed by atoms with van der Waals surface area (Å²) in [5.74, 6) is 0.913. The number of nitrogens with zero attached hydrogens (tertiary/aromatic N) is 3. The van der Waals surface area contributed by atoms with Gasteiger partial charge in [-0.25, -0.2) is 4.98 Å². The Morgan fingerprint density at radius 3 is 2.88 bits per heavy atom. The maximum Gasteiger partial charge on any atom is 0.203 e. The lowest BCUT2D eigenvalue weighted by Gasteiger charge is -2.13. The van der Waals surface area contributed by atoms with Crippen LogP contribution in [-0.4, -0.2) is 20.6 Å². The highest BCUT2D eigenvalue weighted by molar-refractivity contribution is 5.30. The standard InChI is InChI=1S/C13H18N4/c1-10(2)16-13-15-6-7-17(13)9-12-4-5-14-8-11(12)3/h4-8,10H,9H2,1-3H3,(H,15,16). The third kappa shape index (κ3) is 2.84. The van der Waals surface area contributed by atoms with Gasteiger partial charge in [-0.1, -0.05) is 0 Å². The second kappa shape index (κ2) is 4.99. The van der Waals surface area contributed by atoms with Gasteiger partial charge in [0.25, 0.3) is 0 Å². The first-order valence-corrected chi connectivity index (χ1v) is 5.84. The summed E-state index contributed by atoms with van der Waals surface area (Å²) < 4.78 is 2.11. The average molecular weight is 230 g/mol. The van der Waals surface area contributed by atoms with E-state index in [1.807, 2.05) is 24.8 Å². The van der Waals surface area contributed by atoms with E-state index in [1.165, 1.54) is 11.1 Å². The van der Waals surface area contributed by atoms with E-state index >= 15 is 0 Å². The topological polar surface area (TPSA) is 42.7 Å². The fourth-order valence-electron chi connectivity index (χ4n) is 1.70. The molecule has 0 atom stereocenters. The Hall–Kier alpha value is -1.84. The first kappa shape index (κ1) is 11.6. The number of pyridine rings is 1. The number of anilines is 1. The second-order valence-corrected chi connectivity index (χ2v) is 4.48. The van der Waals surface area contributed by atoms with Crippen LogP contribution in [0.3, 0.4) is 0 Å². The molecule has 0 bridgehead atoms. The van der Waals surface area contributed by atoms with Crippen LogP contribution in [0.1, 0.15) is 25.0 Å². The molecule has 0 fully saturated rings. The molecule has 4 heteroatoms. The molecular weight excluding hydrogens is 212 g/mol. The van der Waals surface area contributed by atoms with Crippen LogP contribution < -0.4 is 5.32 Å². The van der Waals surface area contributed by atoms with Gasteiger partial charge < -0.3 is 9.88 Å². The zero-order chi connectivity index (χ0) is 12.3. The van der Waals surface area contributed by atoms with Crippen LogP contribution in [0, 0.1) is 6.92 Å². The highest BCUT2D eigenvalue weighted by Gasteiger charge is 2.05. The van der Waals surface area contributed by atoms with Gasteiger partial charge in [-0.2, -0.15) is 0 Å². The molecule has 1 N–H and O–H groups in total. The van der Waals surface area contributed by atoms with Crippen molar-refractivity contribution in [2.75, 3.05) is 5.32 Å². The minimum Gasteiger partial charge on any atom is -0.353 e. The zero-order valence-electron chi connectivity index (χ0n) is 10.5. The predicted molar refractivity (Wildman–Crippen MR) is 69.1 cm³/mol. The normalized spacial score (nSPS) is 10.8. The third-order valence-electron chi connectivity index (χ3n) is 2.61. The molecule has 2 aromatic rings. The van der Waals surface area contributed by atoms with Crippen molar-refractivity contribution in [3.8, 4) is 0 Å². The summed E-state index contributed by atoms with van der Waals surface area (Å²) in [6.45, 7) is 7.12. The highest BCUT2D eigenvalue weighted by atomic mass is 15.2. The zero-order valence-corrected chi connectivity index (χ0v) is 10.5. The van der Waals surface area contributed by atoms with Gasteiger partial charge in [-0.15, -0.1) is 0 Å². The fraction of sp³-hybridized carbons (Fsp3) is 0.385. The van der Waals surface area contributed by atoms with Gasteiger partial charge >= 0.3 is 0 Å². The van der Waals surface area contributed by atoms with E-state index in [0.717, 1.165) is 12.5 Å². The van der Waals surface area contributed by atoms with Crippen LogP contribution in [0.2, 0.25) is 0 Å². The quantitative estimate of drug-likeness (QED) is 0.877. The molecule has 0 saturated carbocycles. The third-order valence-corrected chi connectivity index (χ3v) is 2.61. The second-order valence-electron chi connectivity index (χ2n) is 4.48. The summed E-state index contributed by atoms with van der Waals surface area (Å²) >= 11 is 0. The molecule has 0 saturated heterocycles. The number of aryl methyl sites for hydroxylation is 1. The number of hydrogen-bond acceptors (Lipinski definition) is 3. The number of hydrogen-bond donors (Lipinski definition) is 1. The monoisotopic (exact) mass is 230 g/mol. The minimum absolute atomic E-state index is 0.384. The molecule has 90 valence electrons. The molecular formula is C13H18N4. The van der Waals surface area contributed by atoms with E-state index < -0.39 is 0 Å². The number of imidazole rings is 1. The summed E-state index contributed by atoms with van der Waals surface area (Å²) in [5, 5.41) is 3.33. The fourth-order valence-corrected chi connectivity index (χ4v) is 1.70. The lowest BCUT2D eigenvalue weighted by Crippen LogP contribution is -2.15. The lowest BCUT2D eigenvalue weighted by molar-refractivity contribution is 0.769. The largest absolute Gasteiger partial charge is 0.353 e. The maximum absolute atomic E-state index is 4.32. The molecule has 2 rings (SSSR count). The Kier molecular flexibility index (Phi) is 3.42. The van der Waals surface area contributed by atoms with E-state index in [1.54, 1.807) is 0 Å². The first-order chi connectivity index (χ1) is 8.16.